The number of carbonyl (C=O) groups excluding carboxylic acids is 1. The lowest BCUT2D eigenvalue weighted by Crippen LogP contribution is -2.23. The molecule has 1 unspecified atom stereocenters. The summed E-state index contributed by atoms with van der Waals surface area (Å²) in [6, 6.07) is 18.0. The van der Waals surface area contributed by atoms with E-state index in [9.17, 15) is 4.79 Å². The van der Waals surface area contributed by atoms with E-state index in [0.29, 0.717) is 11.7 Å². The van der Waals surface area contributed by atoms with Gasteiger partial charge in [0.1, 0.15) is 5.76 Å². The molecule has 1 amide bonds. The lowest BCUT2D eigenvalue weighted by molar-refractivity contribution is -0.115. The molecule has 0 spiro atoms. The lowest BCUT2D eigenvalue weighted by atomic mass is 10.1. The van der Waals surface area contributed by atoms with E-state index in [4.69, 9.17) is 4.42 Å². The molecule has 7 heteroatoms. The van der Waals surface area contributed by atoms with Crippen molar-refractivity contribution in [1.82, 2.24) is 14.8 Å². The van der Waals surface area contributed by atoms with E-state index in [0.717, 1.165) is 34.0 Å². The maximum atomic E-state index is 12.9. The second-order valence-electron chi connectivity index (χ2n) is 7.84. The number of thioether (sulfide) groups is 1. The molecule has 4 aromatic rings. The molecular weight excluding hydrogens is 420 g/mol. The zero-order valence-electron chi connectivity index (χ0n) is 18.6. The van der Waals surface area contributed by atoms with Gasteiger partial charge >= 0.3 is 0 Å². The Labute approximate surface area is 192 Å². The van der Waals surface area contributed by atoms with Crippen molar-refractivity contribution in [3.63, 3.8) is 0 Å². The molecule has 2 aromatic carbocycles. The van der Waals surface area contributed by atoms with E-state index >= 15 is 0 Å². The van der Waals surface area contributed by atoms with Crippen LogP contribution in [0.4, 0.5) is 5.69 Å². The molecule has 4 rings (SSSR count). The van der Waals surface area contributed by atoms with Crippen molar-refractivity contribution in [1.29, 1.82) is 0 Å². The minimum absolute atomic E-state index is 0.0720. The number of hydrogen-bond acceptors (Lipinski definition) is 5. The summed E-state index contributed by atoms with van der Waals surface area (Å²) < 4.78 is 7.53. The zero-order chi connectivity index (χ0) is 22.7. The van der Waals surface area contributed by atoms with E-state index in [1.807, 2.05) is 68.7 Å². The number of aromatic nitrogens is 3. The van der Waals surface area contributed by atoms with Crippen molar-refractivity contribution in [3.8, 4) is 11.4 Å². The monoisotopic (exact) mass is 446 g/mol. The predicted octanol–water partition coefficient (Wildman–Crippen LogP) is 5.63. The van der Waals surface area contributed by atoms with Crippen LogP contribution in [-0.2, 0) is 11.3 Å². The number of nitrogens with zero attached hydrogens (tertiary/aromatic N) is 3. The second-order valence-corrected chi connectivity index (χ2v) is 9.14. The Morgan fingerprint density at radius 2 is 1.88 bits per heavy atom. The minimum atomic E-state index is -0.354. The molecule has 2 heterocycles. The minimum Gasteiger partial charge on any atom is -0.469 e. The summed E-state index contributed by atoms with van der Waals surface area (Å²) in [6.45, 7) is 8.42. The molecule has 164 valence electrons. The Kier molecular flexibility index (Phi) is 6.46. The first-order valence-electron chi connectivity index (χ1n) is 10.5. The summed E-state index contributed by atoms with van der Waals surface area (Å²) in [6.07, 6.45) is 1.65. The molecule has 0 fully saturated rings. The summed E-state index contributed by atoms with van der Waals surface area (Å²) >= 11 is 1.40. The van der Waals surface area contributed by atoms with Crippen LogP contribution in [0.1, 0.15) is 29.4 Å². The van der Waals surface area contributed by atoms with Gasteiger partial charge in [0.15, 0.2) is 11.0 Å². The van der Waals surface area contributed by atoms with Crippen LogP contribution in [0.25, 0.3) is 11.4 Å². The third-order valence-electron chi connectivity index (χ3n) is 5.29. The van der Waals surface area contributed by atoms with Crippen LogP contribution < -0.4 is 5.32 Å². The lowest BCUT2D eigenvalue weighted by Gasteiger charge is -2.15. The number of rotatable bonds is 7. The summed E-state index contributed by atoms with van der Waals surface area (Å²) in [5, 5.41) is 12.2. The van der Waals surface area contributed by atoms with Gasteiger partial charge in [0.05, 0.1) is 23.6 Å². The topological polar surface area (TPSA) is 73.0 Å². The van der Waals surface area contributed by atoms with Crippen LogP contribution in [0.5, 0.6) is 0 Å². The first kappa shape index (κ1) is 21.9. The number of aryl methyl sites for hydroxylation is 3. The Bertz CT molecular complexity index is 1230. The molecule has 0 aliphatic rings. The van der Waals surface area contributed by atoms with Crippen molar-refractivity contribution in [2.24, 2.45) is 0 Å². The molecule has 0 aliphatic heterocycles. The highest BCUT2D eigenvalue weighted by Crippen LogP contribution is 2.30. The number of hydrogen-bond donors (Lipinski definition) is 1. The number of amides is 1. The summed E-state index contributed by atoms with van der Waals surface area (Å²) in [5.41, 5.74) is 5.06. The first-order chi connectivity index (χ1) is 15.4. The highest BCUT2D eigenvalue weighted by molar-refractivity contribution is 8.00. The Morgan fingerprint density at radius 3 is 2.56 bits per heavy atom. The Balaban J connectivity index is 1.59. The van der Waals surface area contributed by atoms with Gasteiger partial charge in [-0.25, -0.2) is 0 Å². The summed E-state index contributed by atoms with van der Waals surface area (Å²) in [5.74, 6) is 1.44. The van der Waals surface area contributed by atoms with Crippen molar-refractivity contribution < 1.29 is 9.21 Å². The quantitative estimate of drug-likeness (QED) is 0.372. The molecule has 0 bridgehead atoms. The van der Waals surface area contributed by atoms with Crippen molar-refractivity contribution in [3.05, 3.63) is 83.3 Å². The standard InChI is InChI=1S/C25H26N4O2S/c1-16-10-11-22(17(2)14-16)26-24(30)19(4)32-25-28-27-23(21-12-13-31-18(21)3)29(25)15-20-8-6-5-7-9-20/h5-14,19H,15H2,1-4H3,(H,26,30). The molecule has 0 saturated carbocycles. The van der Waals surface area contributed by atoms with Crippen molar-refractivity contribution >= 4 is 23.4 Å². The van der Waals surface area contributed by atoms with Gasteiger partial charge in [-0.3, -0.25) is 9.36 Å². The van der Waals surface area contributed by atoms with Gasteiger partial charge in [0, 0.05) is 5.69 Å². The van der Waals surface area contributed by atoms with E-state index < -0.39 is 0 Å². The average molecular weight is 447 g/mol. The third-order valence-corrected chi connectivity index (χ3v) is 6.37. The van der Waals surface area contributed by atoms with Gasteiger partial charge in [-0.2, -0.15) is 0 Å². The van der Waals surface area contributed by atoms with Gasteiger partial charge in [0.25, 0.3) is 0 Å². The molecule has 32 heavy (non-hydrogen) atoms. The molecule has 0 radical (unpaired) electrons. The largest absolute Gasteiger partial charge is 0.469 e. The van der Waals surface area contributed by atoms with Crippen LogP contribution in [0.3, 0.4) is 0 Å². The van der Waals surface area contributed by atoms with Gasteiger partial charge < -0.3 is 9.73 Å². The van der Waals surface area contributed by atoms with Crippen LogP contribution in [0.15, 0.2) is 70.4 Å². The predicted molar refractivity (Wildman–Crippen MR) is 128 cm³/mol. The van der Waals surface area contributed by atoms with Gasteiger partial charge in [0.2, 0.25) is 5.91 Å². The third kappa shape index (κ3) is 4.78. The van der Waals surface area contributed by atoms with E-state index in [1.54, 1.807) is 6.26 Å². The van der Waals surface area contributed by atoms with E-state index in [2.05, 4.69) is 33.7 Å². The maximum Gasteiger partial charge on any atom is 0.237 e. The van der Waals surface area contributed by atoms with Gasteiger partial charge in [-0.1, -0.05) is 59.8 Å². The molecule has 1 atom stereocenters. The Morgan fingerprint density at radius 1 is 1.09 bits per heavy atom. The van der Waals surface area contributed by atoms with Crippen molar-refractivity contribution in [2.75, 3.05) is 5.32 Å². The van der Waals surface area contributed by atoms with Crippen molar-refractivity contribution in [2.45, 2.75) is 44.6 Å². The number of furan rings is 1. The normalized spacial score (nSPS) is 12.0. The number of nitrogens with one attached hydrogen (secondary N) is 1. The van der Waals surface area contributed by atoms with Gasteiger partial charge in [-0.15, -0.1) is 10.2 Å². The summed E-state index contributed by atoms with van der Waals surface area (Å²) in [7, 11) is 0. The fourth-order valence-electron chi connectivity index (χ4n) is 3.50. The highest BCUT2D eigenvalue weighted by Gasteiger charge is 2.23. The number of benzene rings is 2. The van der Waals surface area contributed by atoms with E-state index in [1.165, 1.54) is 17.3 Å². The summed E-state index contributed by atoms with van der Waals surface area (Å²) in [4.78, 5) is 12.9. The zero-order valence-corrected chi connectivity index (χ0v) is 19.4. The van der Waals surface area contributed by atoms with E-state index in [-0.39, 0.29) is 11.2 Å². The molecule has 2 aromatic heterocycles. The molecule has 1 N–H and O–H groups in total. The number of carbonyl (C=O) groups is 1. The van der Waals surface area contributed by atoms with Crippen LogP contribution in [0, 0.1) is 20.8 Å². The SMILES string of the molecule is Cc1ccc(NC(=O)C(C)Sc2nnc(-c3ccoc3C)n2Cc2ccccc2)c(C)c1. The molecular formula is C25H26N4O2S. The first-order valence-corrected chi connectivity index (χ1v) is 11.4. The average Bonchev–Trinajstić information content (AvgIpc) is 3.36. The highest BCUT2D eigenvalue weighted by atomic mass is 32.2. The Hall–Kier alpha value is -3.32. The molecule has 0 saturated heterocycles. The fraction of sp³-hybridized carbons (Fsp3) is 0.240. The van der Waals surface area contributed by atoms with Gasteiger partial charge in [-0.05, 0) is 51.0 Å². The van der Waals surface area contributed by atoms with Crippen LogP contribution in [0.2, 0.25) is 0 Å². The second kappa shape index (κ2) is 9.44. The maximum absolute atomic E-state index is 12.9. The van der Waals surface area contributed by atoms with Crippen LogP contribution >= 0.6 is 11.8 Å². The van der Waals surface area contributed by atoms with Crippen LogP contribution in [-0.4, -0.2) is 25.9 Å². The molecule has 0 aliphatic carbocycles. The number of anilines is 1. The smallest absolute Gasteiger partial charge is 0.237 e. The molecule has 6 nitrogen and oxygen atoms in total. The fourth-order valence-corrected chi connectivity index (χ4v) is 4.35.